The van der Waals surface area contributed by atoms with Crippen LogP contribution in [0.4, 0.5) is 0 Å². The summed E-state index contributed by atoms with van der Waals surface area (Å²) < 4.78 is 0. The van der Waals surface area contributed by atoms with Crippen LogP contribution in [-0.2, 0) is 0 Å². The van der Waals surface area contributed by atoms with Gasteiger partial charge in [0.05, 0.1) is 0 Å². The summed E-state index contributed by atoms with van der Waals surface area (Å²) in [6.45, 7) is 10.3. The fraction of sp³-hybridized carbons (Fsp3) is 1.00. The van der Waals surface area contributed by atoms with Crippen molar-refractivity contribution in [2.45, 2.75) is 47.0 Å². The normalized spacial score (nSPS) is 41.2. The summed E-state index contributed by atoms with van der Waals surface area (Å²) in [5, 5.41) is 0. The zero-order chi connectivity index (χ0) is 9.41. The molecule has 12 heavy (non-hydrogen) atoms. The first-order chi connectivity index (χ1) is 5.37. The lowest BCUT2D eigenvalue weighted by molar-refractivity contribution is 0.0676. The van der Waals surface area contributed by atoms with E-state index in [1.807, 2.05) is 0 Å². The van der Waals surface area contributed by atoms with Gasteiger partial charge in [-0.15, -0.1) is 0 Å². The Morgan fingerprint density at radius 1 is 1.25 bits per heavy atom. The third-order valence-corrected chi connectivity index (χ3v) is 3.14. The summed E-state index contributed by atoms with van der Waals surface area (Å²) >= 11 is 0. The van der Waals surface area contributed by atoms with E-state index >= 15 is 0 Å². The monoisotopic (exact) mass is 169 g/mol. The Labute approximate surface area is 76.7 Å². The van der Waals surface area contributed by atoms with Crippen LogP contribution in [0.15, 0.2) is 0 Å². The maximum atomic E-state index is 5.82. The van der Waals surface area contributed by atoms with E-state index < -0.39 is 0 Å². The third-order valence-electron chi connectivity index (χ3n) is 3.14. The second-order valence-electron chi connectivity index (χ2n) is 5.87. The molecule has 0 radical (unpaired) electrons. The molecule has 1 heteroatoms. The predicted octanol–water partition coefficient (Wildman–Crippen LogP) is 2.80. The molecule has 1 saturated carbocycles. The zero-order valence-electron chi connectivity index (χ0n) is 8.98. The van der Waals surface area contributed by atoms with Gasteiger partial charge in [-0.05, 0) is 42.6 Å². The van der Waals surface area contributed by atoms with Gasteiger partial charge in [0, 0.05) is 0 Å². The van der Waals surface area contributed by atoms with Crippen LogP contribution >= 0.6 is 0 Å². The van der Waals surface area contributed by atoms with Gasteiger partial charge in [0.15, 0.2) is 0 Å². The fourth-order valence-corrected chi connectivity index (χ4v) is 3.31. The van der Waals surface area contributed by atoms with E-state index in [4.69, 9.17) is 5.73 Å². The SMILES string of the molecule is CC1CC(C)(C)CC(C)(CN)C1. The van der Waals surface area contributed by atoms with Crippen LogP contribution in [-0.4, -0.2) is 6.54 Å². The summed E-state index contributed by atoms with van der Waals surface area (Å²) in [6.07, 6.45) is 3.97. The van der Waals surface area contributed by atoms with Gasteiger partial charge >= 0.3 is 0 Å². The molecule has 0 aromatic rings. The van der Waals surface area contributed by atoms with E-state index in [0.29, 0.717) is 10.8 Å². The van der Waals surface area contributed by atoms with E-state index in [0.717, 1.165) is 12.5 Å². The Kier molecular flexibility index (Phi) is 2.53. The molecule has 2 unspecified atom stereocenters. The van der Waals surface area contributed by atoms with Gasteiger partial charge in [-0.2, -0.15) is 0 Å². The average Bonchev–Trinajstić information content (AvgIpc) is 1.82. The average molecular weight is 169 g/mol. The molecule has 2 atom stereocenters. The van der Waals surface area contributed by atoms with Gasteiger partial charge in [0.1, 0.15) is 0 Å². The molecular weight excluding hydrogens is 146 g/mol. The van der Waals surface area contributed by atoms with Crippen molar-refractivity contribution >= 4 is 0 Å². The molecule has 1 rings (SSSR count). The van der Waals surface area contributed by atoms with Gasteiger partial charge < -0.3 is 5.73 Å². The molecule has 0 aliphatic heterocycles. The topological polar surface area (TPSA) is 26.0 Å². The Bertz CT molecular complexity index is 162. The number of nitrogens with two attached hydrogens (primary N) is 1. The summed E-state index contributed by atoms with van der Waals surface area (Å²) in [5.41, 5.74) is 6.73. The lowest BCUT2D eigenvalue weighted by Crippen LogP contribution is -2.39. The molecule has 0 aromatic carbocycles. The largest absolute Gasteiger partial charge is 0.330 e. The van der Waals surface area contributed by atoms with Crippen LogP contribution in [0.2, 0.25) is 0 Å². The molecule has 1 nitrogen and oxygen atoms in total. The van der Waals surface area contributed by atoms with E-state index in [1.165, 1.54) is 19.3 Å². The lowest BCUT2D eigenvalue weighted by Gasteiger charge is -2.45. The first kappa shape index (κ1) is 10.0. The maximum absolute atomic E-state index is 5.82. The molecule has 1 aliphatic rings. The summed E-state index contributed by atoms with van der Waals surface area (Å²) in [7, 11) is 0. The highest BCUT2D eigenvalue weighted by atomic mass is 14.6. The Hall–Kier alpha value is -0.0400. The van der Waals surface area contributed by atoms with Crippen molar-refractivity contribution in [1.29, 1.82) is 0 Å². The van der Waals surface area contributed by atoms with Crippen LogP contribution < -0.4 is 5.73 Å². The van der Waals surface area contributed by atoms with Gasteiger partial charge in [-0.1, -0.05) is 27.7 Å². The second-order valence-corrected chi connectivity index (χ2v) is 5.87. The number of hydrogen-bond acceptors (Lipinski definition) is 1. The van der Waals surface area contributed by atoms with Crippen LogP contribution in [0.1, 0.15) is 47.0 Å². The molecule has 0 saturated heterocycles. The summed E-state index contributed by atoms with van der Waals surface area (Å²) in [4.78, 5) is 0. The van der Waals surface area contributed by atoms with Crippen molar-refractivity contribution in [1.82, 2.24) is 0 Å². The minimum atomic E-state index is 0.404. The highest BCUT2D eigenvalue weighted by Gasteiger charge is 2.38. The van der Waals surface area contributed by atoms with Crippen LogP contribution in [0.25, 0.3) is 0 Å². The summed E-state index contributed by atoms with van der Waals surface area (Å²) in [6, 6.07) is 0. The van der Waals surface area contributed by atoms with Gasteiger partial charge in [-0.3, -0.25) is 0 Å². The van der Waals surface area contributed by atoms with E-state index in [2.05, 4.69) is 27.7 Å². The second kappa shape index (κ2) is 3.02. The molecular formula is C11H23N. The first-order valence-electron chi connectivity index (χ1n) is 5.07. The van der Waals surface area contributed by atoms with Crippen molar-refractivity contribution in [3.05, 3.63) is 0 Å². The Morgan fingerprint density at radius 2 is 1.83 bits per heavy atom. The van der Waals surface area contributed by atoms with Gasteiger partial charge in [-0.25, -0.2) is 0 Å². The van der Waals surface area contributed by atoms with Crippen LogP contribution in [0.3, 0.4) is 0 Å². The molecule has 1 fully saturated rings. The zero-order valence-corrected chi connectivity index (χ0v) is 8.98. The maximum Gasteiger partial charge on any atom is -0.00229 e. The fourth-order valence-electron chi connectivity index (χ4n) is 3.31. The van der Waals surface area contributed by atoms with E-state index in [9.17, 15) is 0 Å². The minimum Gasteiger partial charge on any atom is -0.330 e. The minimum absolute atomic E-state index is 0.404. The first-order valence-corrected chi connectivity index (χ1v) is 5.07. The van der Waals surface area contributed by atoms with Gasteiger partial charge in [0.25, 0.3) is 0 Å². The highest BCUT2D eigenvalue weighted by Crippen LogP contribution is 2.47. The Balaban J connectivity index is 2.70. The molecule has 0 heterocycles. The predicted molar refractivity (Wildman–Crippen MR) is 54.0 cm³/mol. The molecule has 2 N–H and O–H groups in total. The summed E-state index contributed by atoms with van der Waals surface area (Å²) in [5.74, 6) is 0.849. The highest BCUT2D eigenvalue weighted by molar-refractivity contribution is 4.90. The molecule has 72 valence electrons. The van der Waals surface area contributed by atoms with Gasteiger partial charge in [0.2, 0.25) is 0 Å². The quantitative estimate of drug-likeness (QED) is 0.642. The Morgan fingerprint density at radius 3 is 2.25 bits per heavy atom. The molecule has 0 bridgehead atoms. The number of hydrogen-bond donors (Lipinski definition) is 1. The molecule has 0 aromatic heterocycles. The van der Waals surface area contributed by atoms with Crippen molar-refractivity contribution in [3.63, 3.8) is 0 Å². The van der Waals surface area contributed by atoms with Crippen LogP contribution in [0.5, 0.6) is 0 Å². The van der Waals surface area contributed by atoms with Crippen molar-refractivity contribution < 1.29 is 0 Å². The molecule has 1 aliphatic carbocycles. The third kappa shape index (κ3) is 2.22. The van der Waals surface area contributed by atoms with Crippen molar-refractivity contribution in [2.24, 2.45) is 22.5 Å². The number of rotatable bonds is 1. The lowest BCUT2D eigenvalue weighted by atomic mass is 9.61. The van der Waals surface area contributed by atoms with E-state index in [-0.39, 0.29) is 0 Å². The smallest absolute Gasteiger partial charge is 0.00229 e. The van der Waals surface area contributed by atoms with Crippen molar-refractivity contribution in [2.75, 3.05) is 6.54 Å². The molecule has 0 spiro atoms. The standard InChI is InChI=1S/C11H23N/c1-9-5-10(2,3)7-11(4,6-9)8-12/h9H,5-8,12H2,1-4H3. The van der Waals surface area contributed by atoms with Crippen molar-refractivity contribution in [3.8, 4) is 0 Å². The van der Waals surface area contributed by atoms with Crippen LogP contribution in [0, 0.1) is 16.7 Å². The van der Waals surface area contributed by atoms with E-state index in [1.54, 1.807) is 0 Å². The molecule has 0 amide bonds.